The molecule has 0 atom stereocenters. The largest absolute Gasteiger partial charge is 0.493 e. The van der Waals surface area contributed by atoms with Crippen LogP contribution in [0.4, 0.5) is 18.9 Å². The number of anilines is 1. The Hall–Kier alpha value is -2.10. The molecule has 0 bridgehead atoms. The molecule has 92 valence electrons. The first-order valence-corrected chi connectivity index (χ1v) is 4.38. The van der Waals surface area contributed by atoms with Crippen LogP contribution in [-0.2, 0) is 6.18 Å². The molecule has 0 aromatic heterocycles. The van der Waals surface area contributed by atoms with Gasteiger partial charge in [0.1, 0.15) is 11.6 Å². The van der Waals surface area contributed by atoms with Crippen LogP contribution in [0.3, 0.4) is 0 Å². The van der Waals surface area contributed by atoms with Gasteiger partial charge in [0.25, 0.3) is 0 Å². The lowest BCUT2D eigenvalue weighted by Gasteiger charge is -2.16. The summed E-state index contributed by atoms with van der Waals surface area (Å²) in [4.78, 5) is 0. The van der Waals surface area contributed by atoms with Gasteiger partial charge in [-0.15, -0.1) is 0 Å². The molecule has 17 heavy (non-hydrogen) atoms. The number of nitrogen functional groups attached to an aromatic ring is 1. The van der Waals surface area contributed by atoms with Crippen molar-refractivity contribution in [3.63, 3.8) is 0 Å². The highest BCUT2D eigenvalue weighted by atomic mass is 19.4. The summed E-state index contributed by atoms with van der Waals surface area (Å²) in [5, 5.41) is 8.81. The van der Waals surface area contributed by atoms with Crippen molar-refractivity contribution in [1.82, 2.24) is 0 Å². The van der Waals surface area contributed by atoms with E-state index in [0.29, 0.717) is 6.07 Å². The van der Waals surface area contributed by atoms with Crippen molar-refractivity contribution in [1.29, 1.82) is 5.26 Å². The number of benzene rings is 1. The smallest absolute Gasteiger partial charge is 0.418 e. The zero-order chi connectivity index (χ0) is 13.2. The Morgan fingerprint density at radius 3 is 2.24 bits per heavy atom. The number of nitrogens with zero attached hydrogens (tertiary/aromatic N) is 1. The topological polar surface area (TPSA) is 68.3 Å². The van der Waals surface area contributed by atoms with E-state index >= 15 is 0 Å². The fourth-order valence-electron chi connectivity index (χ4n) is 1.35. The zero-order valence-electron chi connectivity index (χ0n) is 9.05. The first-order valence-electron chi connectivity index (χ1n) is 4.38. The van der Waals surface area contributed by atoms with Crippen LogP contribution in [0.5, 0.6) is 11.5 Å². The number of alkyl halides is 3. The minimum absolute atomic E-state index is 0.111. The second kappa shape index (κ2) is 4.41. The number of rotatable bonds is 2. The molecule has 1 rings (SSSR count). The van der Waals surface area contributed by atoms with E-state index in [9.17, 15) is 13.2 Å². The molecule has 0 radical (unpaired) electrons. The van der Waals surface area contributed by atoms with Gasteiger partial charge in [0, 0.05) is 0 Å². The standard InChI is InChI=1S/C10H9F3N2O2/c1-16-7-3-6(10(11,12)13)8(15)5(4-14)9(7)17-2/h3H,15H2,1-2H3. The number of nitrogens with two attached hydrogens (primary N) is 1. The molecule has 1 aromatic carbocycles. The van der Waals surface area contributed by atoms with Crippen LogP contribution >= 0.6 is 0 Å². The Kier molecular flexibility index (Phi) is 3.36. The fourth-order valence-corrected chi connectivity index (χ4v) is 1.35. The summed E-state index contributed by atoms with van der Waals surface area (Å²) in [6.07, 6.45) is -4.66. The molecule has 0 amide bonds. The Bertz CT molecular complexity index is 478. The van der Waals surface area contributed by atoms with Crippen LogP contribution in [0.2, 0.25) is 0 Å². The molecule has 0 aliphatic rings. The van der Waals surface area contributed by atoms with Crippen LogP contribution in [0.1, 0.15) is 11.1 Å². The molecule has 7 heteroatoms. The highest BCUT2D eigenvalue weighted by Gasteiger charge is 2.36. The van der Waals surface area contributed by atoms with Crippen LogP contribution in [0.15, 0.2) is 6.07 Å². The quantitative estimate of drug-likeness (QED) is 0.812. The van der Waals surface area contributed by atoms with E-state index in [4.69, 9.17) is 20.5 Å². The van der Waals surface area contributed by atoms with Crippen molar-refractivity contribution in [3.05, 3.63) is 17.2 Å². The fraction of sp³-hybridized carbons (Fsp3) is 0.300. The molecule has 1 aromatic rings. The van der Waals surface area contributed by atoms with Gasteiger partial charge in [-0.1, -0.05) is 0 Å². The summed E-state index contributed by atoms with van der Waals surface area (Å²) >= 11 is 0. The second-order valence-electron chi connectivity index (χ2n) is 3.06. The summed E-state index contributed by atoms with van der Waals surface area (Å²) in [5.41, 5.74) is 3.12. The van der Waals surface area contributed by atoms with Crippen molar-refractivity contribution >= 4 is 5.69 Å². The van der Waals surface area contributed by atoms with E-state index < -0.39 is 17.4 Å². The molecule has 2 N–H and O–H groups in total. The van der Waals surface area contributed by atoms with Gasteiger partial charge < -0.3 is 15.2 Å². The SMILES string of the molecule is COc1cc(C(F)(F)F)c(N)c(C#N)c1OC. The Morgan fingerprint density at radius 2 is 1.88 bits per heavy atom. The maximum absolute atomic E-state index is 12.6. The van der Waals surface area contributed by atoms with Crippen LogP contribution in [-0.4, -0.2) is 14.2 Å². The molecule has 0 unspecified atom stereocenters. The summed E-state index contributed by atoms with van der Waals surface area (Å²) in [6.45, 7) is 0. The van der Waals surface area contributed by atoms with E-state index in [2.05, 4.69) is 0 Å². The Balaban J connectivity index is 3.65. The number of ether oxygens (including phenoxy) is 2. The van der Waals surface area contributed by atoms with E-state index in [0.717, 1.165) is 0 Å². The average molecular weight is 246 g/mol. The molecule has 0 aliphatic carbocycles. The predicted octanol–water partition coefficient (Wildman–Crippen LogP) is 2.18. The van der Waals surface area contributed by atoms with Gasteiger partial charge in [-0.25, -0.2) is 0 Å². The van der Waals surface area contributed by atoms with Gasteiger partial charge in [0.05, 0.1) is 25.5 Å². The first kappa shape index (κ1) is 13.0. The minimum Gasteiger partial charge on any atom is -0.493 e. The van der Waals surface area contributed by atoms with E-state index in [1.807, 2.05) is 0 Å². The van der Waals surface area contributed by atoms with E-state index in [1.54, 1.807) is 6.07 Å². The molecule has 4 nitrogen and oxygen atoms in total. The lowest BCUT2D eigenvalue weighted by atomic mass is 10.1. The predicted molar refractivity (Wildman–Crippen MR) is 53.7 cm³/mol. The number of hydrogen-bond donors (Lipinski definition) is 1. The van der Waals surface area contributed by atoms with Crippen molar-refractivity contribution in [2.45, 2.75) is 6.18 Å². The third kappa shape index (κ3) is 2.20. The maximum Gasteiger partial charge on any atom is 0.418 e. The molecule has 0 aliphatic heterocycles. The lowest BCUT2D eigenvalue weighted by Crippen LogP contribution is -2.11. The summed E-state index contributed by atoms with van der Waals surface area (Å²) < 4.78 is 47.4. The van der Waals surface area contributed by atoms with Crippen molar-refractivity contribution in [2.75, 3.05) is 20.0 Å². The summed E-state index contributed by atoms with van der Waals surface area (Å²) in [5.74, 6) is -0.300. The van der Waals surface area contributed by atoms with E-state index in [1.165, 1.54) is 14.2 Å². The highest BCUT2D eigenvalue weighted by Crippen LogP contribution is 2.43. The monoisotopic (exact) mass is 246 g/mol. The average Bonchev–Trinajstić information content (AvgIpc) is 2.26. The molecular formula is C10H9F3N2O2. The van der Waals surface area contributed by atoms with Gasteiger partial charge >= 0.3 is 6.18 Å². The van der Waals surface area contributed by atoms with Gasteiger partial charge in [-0.3, -0.25) is 0 Å². The second-order valence-corrected chi connectivity index (χ2v) is 3.06. The van der Waals surface area contributed by atoms with Gasteiger partial charge in [-0.05, 0) is 6.07 Å². The van der Waals surface area contributed by atoms with Gasteiger partial charge in [0.2, 0.25) is 0 Å². The molecular weight excluding hydrogens is 237 g/mol. The highest BCUT2D eigenvalue weighted by molar-refractivity contribution is 5.70. The number of methoxy groups -OCH3 is 2. The minimum atomic E-state index is -4.66. The van der Waals surface area contributed by atoms with Crippen LogP contribution in [0, 0.1) is 11.3 Å². The molecule has 0 spiro atoms. The normalized spacial score (nSPS) is 10.8. The van der Waals surface area contributed by atoms with Gasteiger partial charge in [-0.2, -0.15) is 18.4 Å². The van der Waals surface area contributed by atoms with E-state index in [-0.39, 0.29) is 17.1 Å². The van der Waals surface area contributed by atoms with Crippen molar-refractivity contribution in [3.8, 4) is 17.6 Å². The van der Waals surface area contributed by atoms with Gasteiger partial charge in [0.15, 0.2) is 11.5 Å². The number of nitriles is 1. The Labute approximate surface area is 95.3 Å². The summed E-state index contributed by atoms with van der Waals surface area (Å²) in [7, 11) is 2.39. The number of hydrogen-bond acceptors (Lipinski definition) is 4. The summed E-state index contributed by atoms with van der Waals surface area (Å²) in [6, 6.07) is 2.28. The zero-order valence-corrected chi connectivity index (χ0v) is 9.05. The van der Waals surface area contributed by atoms with Crippen LogP contribution < -0.4 is 15.2 Å². The molecule has 0 saturated heterocycles. The lowest BCUT2D eigenvalue weighted by molar-refractivity contribution is -0.137. The molecule has 0 fully saturated rings. The van der Waals surface area contributed by atoms with Crippen molar-refractivity contribution in [2.24, 2.45) is 0 Å². The first-order chi connectivity index (χ1) is 7.86. The molecule has 0 heterocycles. The Morgan fingerprint density at radius 1 is 1.29 bits per heavy atom. The third-order valence-corrected chi connectivity index (χ3v) is 2.13. The van der Waals surface area contributed by atoms with Crippen LogP contribution in [0.25, 0.3) is 0 Å². The number of halogens is 3. The third-order valence-electron chi connectivity index (χ3n) is 2.13. The maximum atomic E-state index is 12.6. The van der Waals surface area contributed by atoms with Crippen molar-refractivity contribution < 1.29 is 22.6 Å². The molecule has 0 saturated carbocycles.